The van der Waals surface area contributed by atoms with Crippen LogP contribution < -0.4 is 11.1 Å². The first kappa shape index (κ1) is 44.7. The fourth-order valence-corrected chi connectivity index (χ4v) is 5.97. The van der Waals surface area contributed by atoms with Crippen LogP contribution in [0.2, 0.25) is 0 Å². The van der Waals surface area contributed by atoms with Crippen molar-refractivity contribution in [1.82, 2.24) is 5.32 Å². The Balaban J connectivity index is 4.30. The van der Waals surface area contributed by atoms with Crippen LogP contribution in [-0.2, 0) is 18.4 Å². The molecule has 0 aliphatic heterocycles. The van der Waals surface area contributed by atoms with Gasteiger partial charge in [0.2, 0.25) is 5.91 Å². The molecule has 0 aromatic rings. The molecule has 0 aliphatic carbocycles. The van der Waals surface area contributed by atoms with Crippen molar-refractivity contribution < 1.29 is 28.4 Å². The van der Waals surface area contributed by atoms with Gasteiger partial charge in [-0.2, -0.15) is 0 Å². The van der Waals surface area contributed by atoms with Gasteiger partial charge in [0, 0.05) is 13.0 Å². The molecule has 8 nitrogen and oxygen atoms in total. The van der Waals surface area contributed by atoms with E-state index in [1.807, 2.05) is 0 Å². The zero-order chi connectivity index (χ0) is 34.0. The molecule has 9 heteroatoms. The number of amides is 1. The van der Waals surface area contributed by atoms with Gasteiger partial charge in [-0.3, -0.25) is 13.8 Å². The molecule has 5 N–H and O–H groups in total. The average molecular weight is 671 g/mol. The number of carbonyl (C=O) groups excluding carboxylic acids is 1. The summed E-state index contributed by atoms with van der Waals surface area (Å²) in [7, 11) is -4.31. The second-order valence-corrected chi connectivity index (χ2v) is 13.9. The highest BCUT2D eigenvalue weighted by molar-refractivity contribution is 7.47. The van der Waals surface area contributed by atoms with Gasteiger partial charge >= 0.3 is 7.82 Å². The maximum absolute atomic E-state index is 12.7. The molecular weight excluding hydrogens is 599 g/mol. The van der Waals surface area contributed by atoms with Crippen molar-refractivity contribution >= 4 is 13.7 Å². The highest BCUT2D eigenvalue weighted by atomic mass is 31.2. The van der Waals surface area contributed by atoms with E-state index in [9.17, 15) is 19.4 Å². The van der Waals surface area contributed by atoms with Gasteiger partial charge in [0.1, 0.15) is 0 Å². The Morgan fingerprint density at radius 1 is 0.739 bits per heavy atom. The maximum atomic E-state index is 12.7. The third-order valence-corrected chi connectivity index (χ3v) is 8.99. The van der Waals surface area contributed by atoms with Crippen LogP contribution in [0.5, 0.6) is 0 Å². The molecule has 0 aliphatic rings. The van der Waals surface area contributed by atoms with Gasteiger partial charge in [0.05, 0.1) is 25.4 Å². The minimum Gasteiger partial charge on any atom is -0.391 e. The first-order valence-corrected chi connectivity index (χ1v) is 20.1. The summed E-state index contributed by atoms with van der Waals surface area (Å²) < 4.78 is 22.1. The monoisotopic (exact) mass is 671 g/mol. The molecule has 0 aromatic heterocycles. The van der Waals surface area contributed by atoms with Crippen molar-refractivity contribution in [3.8, 4) is 0 Å². The van der Waals surface area contributed by atoms with E-state index in [2.05, 4.69) is 55.6 Å². The minimum atomic E-state index is -4.31. The van der Waals surface area contributed by atoms with Crippen LogP contribution in [0.15, 0.2) is 36.5 Å². The Morgan fingerprint density at radius 3 is 1.85 bits per heavy atom. The van der Waals surface area contributed by atoms with E-state index < -0.39 is 20.0 Å². The summed E-state index contributed by atoms with van der Waals surface area (Å²) in [5.74, 6) is -0.181. The van der Waals surface area contributed by atoms with E-state index in [1.165, 1.54) is 57.8 Å². The zero-order valence-corrected chi connectivity index (χ0v) is 30.4. The van der Waals surface area contributed by atoms with E-state index in [4.69, 9.17) is 14.8 Å². The number of allylic oxidation sites excluding steroid dienone is 6. The predicted octanol–water partition coefficient (Wildman–Crippen LogP) is 9.61. The fourth-order valence-electron chi connectivity index (χ4n) is 5.21. The third kappa shape index (κ3) is 31.3. The fraction of sp³-hybridized carbons (Fsp3) is 0.811. The number of phosphoric ester groups is 1. The molecule has 3 unspecified atom stereocenters. The molecule has 46 heavy (non-hydrogen) atoms. The van der Waals surface area contributed by atoms with Crippen molar-refractivity contribution in [3.63, 3.8) is 0 Å². The van der Waals surface area contributed by atoms with Crippen LogP contribution in [0.4, 0.5) is 0 Å². The number of nitrogens with one attached hydrogen (secondary N) is 1. The topological polar surface area (TPSA) is 131 Å². The van der Waals surface area contributed by atoms with Crippen LogP contribution in [-0.4, -0.2) is 47.8 Å². The number of phosphoric acid groups is 1. The van der Waals surface area contributed by atoms with Crippen LogP contribution in [0.1, 0.15) is 162 Å². The highest BCUT2D eigenvalue weighted by Gasteiger charge is 2.27. The Morgan fingerprint density at radius 2 is 1.26 bits per heavy atom. The SMILES string of the molecule is CC/C=C\C/C=C\C/C=C\CCCCCCCC(=O)NC(COP(=O)(O)OCCN)C(O)CCCCCCCCCCCCCC. The number of hydrogen-bond acceptors (Lipinski definition) is 6. The largest absolute Gasteiger partial charge is 0.472 e. The number of aliphatic hydroxyl groups excluding tert-OH is 1. The van der Waals surface area contributed by atoms with Gasteiger partial charge in [-0.05, 0) is 44.9 Å². The number of hydrogen-bond donors (Lipinski definition) is 4. The van der Waals surface area contributed by atoms with Crippen LogP contribution in [0, 0.1) is 0 Å². The van der Waals surface area contributed by atoms with E-state index in [-0.39, 0.29) is 25.7 Å². The molecule has 0 bridgehead atoms. The summed E-state index contributed by atoms with van der Waals surface area (Å²) in [6.45, 7) is 4.05. The Kier molecular flexibility index (Phi) is 32.7. The van der Waals surface area contributed by atoms with Gasteiger partial charge in [0.15, 0.2) is 0 Å². The lowest BCUT2D eigenvalue weighted by Crippen LogP contribution is -2.46. The lowest BCUT2D eigenvalue weighted by Gasteiger charge is -2.25. The van der Waals surface area contributed by atoms with E-state index >= 15 is 0 Å². The molecule has 0 radical (unpaired) electrons. The van der Waals surface area contributed by atoms with Crippen LogP contribution in [0.25, 0.3) is 0 Å². The van der Waals surface area contributed by atoms with Gasteiger partial charge in [0.25, 0.3) is 0 Å². The van der Waals surface area contributed by atoms with E-state index in [0.29, 0.717) is 12.8 Å². The molecule has 0 spiro atoms. The quantitative estimate of drug-likeness (QED) is 0.0305. The normalized spacial score (nSPS) is 14.8. The smallest absolute Gasteiger partial charge is 0.391 e. The van der Waals surface area contributed by atoms with Crippen molar-refractivity contribution in [2.45, 2.75) is 174 Å². The molecule has 0 saturated heterocycles. The number of unbranched alkanes of at least 4 members (excludes halogenated alkanes) is 16. The second-order valence-electron chi connectivity index (χ2n) is 12.4. The van der Waals surface area contributed by atoms with Crippen molar-refractivity contribution in [1.29, 1.82) is 0 Å². The summed E-state index contributed by atoms with van der Waals surface area (Å²) in [4.78, 5) is 22.6. The predicted molar refractivity (Wildman–Crippen MR) is 194 cm³/mol. The molecule has 3 atom stereocenters. The molecule has 0 aromatic carbocycles. The first-order valence-electron chi connectivity index (χ1n) is 18.6. The van der Waals surface area contributed by atoms with Gasteiger partial charge in [-0.25, -0.2) is 4.57 Å². The molecule has 0 rings (SSSR count). The minimum absolute atomic E-state index is 0.0847. The van der Waals surface area contributed by atoms with E-state index in [1.54, 1.807) is 0 Å². The summed E-state index contributed by atoms with van der Waals surface area (Å²) in [6.07, 6.45) is 37.2. The standard InChI is InChI=1S/C37H71N2O6P/c1-3-5-7-9-11-13-15-17-18-19-21-23-25-27-29-31-37(41)39-35(34-45-46(42,43)44-33-32-38)36(40)30-28-26-24-22-20-16-14-12-10-8-6-4-2/h5,7,11,13,17-18,35-36,40H,3-4,6,8-10,12,14-16,19-34,38H2,1-2H3,(H,39,41)(H,42,43)/b7-5-,13-11-,18-17-. The van der Waals surface area contributed by atoms with Crippen LogP contribution >= 0.6 is 7.82 Å². The van der Waals surface area contributed by atoms with E-state index in [0.717, 1.165) is 77.0 Å². The Labute approximate surface area is 282 Å². The lowest BCUT2D eigenvalue weighted by molar-refractivity contribution is -0.123. The number of carbonyl (C=O) groups is 1. The third-order valence-electron chi connectivity index (χ3n) is 8.01. The van der Waals surface area contributed by atoms with Crippen molar-refractivity contribution in [3.05, 3.63) is 36.5 Å². The second kappa shape index (κ2) is 33.6. The summed E-state index contributed by atoms with van der Waals surface area (Å²) in [5.41, 5.74) is 5.35. The maximum Gasteiger partial charge on any atom is 0.472 e. The lowest BCUT2D eigenvalue weighted by atomic mass is 10.0. The molecular formula is C37H71N2O6P. The van der Waals surface area contributed by atoms with Crippen molar-refractivity contribution in [2.24, 2.45) is 5.73 Å². The van der Waals surface area contributed by atoms with Crippen LogP contribution in [0.3, 0.4) is 0 Å². The summed E-state index contributed by atoms with van der Waals surface area (Å²) >= 11 is 0. The average Bonchev–Trinajstić information content (AvgIpc) is 3.04. The highest BCUT2D eigenvalue weighted by Crippen LogP contribution is 2.43. The first-order chi connectivity index (χ1) is 22.4. The zero-order valence-electron chi connectivity index (χ0n) is 29.6. The molecule has 0 fully saturated rings. The van der Waals surface area contributed by atoms with Gasteiger partial charge < -0.3 is 21.1 Å². The number of nitrogens with two attached hydrogens (primary N) is 1. The van der Waals surface area contributed by atoms with Gasteiger partial charge in [-0.15, -0.1) is 0 Å². The van der Waals surface area contributed by atoms with Gasteiger partial charge in [-0.1, -0.05) is 147 Å². The summed E-state index contributed by atoms with van der Waals surface area (Å²) in [5, 5.41) is 13.7. The molecule has 1 amide bonds. The van der Waals surface area contributed by atoms with Crippen molar-refractivity contribution in [2.75, 3.05) is 19.8 Å². The Bertz CT molecular complexity index is 820. The molecule has 0 saturated carbocycles. The number of rotatable bonds is 34. The number of aliphatic hydroxyl groups is 1. The molecule has 0 heterocycles. The molecule has 270 valence electrons. The summed E-state index contributed by atoms with van der Waals surface area (Å²) in [6, 6.07) is -0.781. The Hall–Kier alpha value is -1.28.